The van der Waals surface area contributed by atoms with Crippen molar-refractivity contribution in [2.45, 2.75) is 58.2 Å². The van der Waals surface area contributed by atoms with Crippen molar-refractivity contribution >= 4 is 5.91 Å². The Morgan fingerprint density at radius 1 is 1.29 bits per heavy atom. The summed E-state index contributed by atoms with van der Waals surface area (Å²) in [6.07, 6.45) is 6.74. The third kappa shape index (κ3) is 7.34. The second kappa shape index (κ2) is 8.48. The number of carbonyl (C=O) groups excluding carboxylic acids is 1. The SMILES string of the molecule is CC(C)OCC(=O)NCCOC1CCCCC1. The number of rotatable bonds is 7. The van der Waals surface area contributed by atoms with Gasteiger partial charge in [0.25, 0.3) is 0 Å². The molecular weight excluding hydrogens is 218 g/mol. The van der Waals surface area contributed by atoms with Crippen LogP contribution in [0.4, 0.5) is 0 Å². The highest BCUT2D eigenvalue weighted by Crippen LogP contribution is 2.19. The molecular formula is C13H25NO3. The fourth-order valence-corrected chi connectivity index (χ4v) is 1.94. The van der Waals surface area contributed by atoms with Crippen molar-refractivity contribution in [2.24, 2.45) is 0 Å². The summed E-state index contributed by atoms with van der Waals surface area (Å²) in [5, 5.41) is 2.79. The van der Waals surface area contributed by atoms with E-state index in [1.807, 2.05) is 13.8 Å². The zero-order valence-electron chi connectivity index (χ0n) is 11.0. The van der Waals surface area contributed by atoms with E-state index in [1.165, 1.54) is 32.1 Å². The first kappa shape index (κ1) is 14.5. The van der Waals surface area contributed by atoms with E-state index < -0.39 is 0 Å². The van der Waals surface area contributed by atoms with Gasteiger partial charge in [0.05, 0.1) is 18.8 Å². The summed E-state index contributed by atoms with van der Waals surface area (Å²) < 4.78 is 10.9. The molecule has 0 aliphatic heterocycles. The fraction of sp³-hybridized carbons (Fsp3) is 0.923. The average molecular weight is 243 g/mol. The van der Waals surface area contributed by atoms with Gasteiger partial charge in [-0.05, 0) is 26.7 Å². The molecule has 0 bridgehead atoms. The summed E-state index contributed by atoms with van der Waals surface area (Å²) >= 11 is 0. The zero-order valence-corrected chi connectivity index (χ0v) is 11.0. The molecule has 1 amide bonds. The van der Waals surface area contributed by atoms with Crippen LogP contribution in [-0.4, -0.2) is 37.9 Å². The second-order valence-electron chi connectivity index (χ2n) is 4.84. The van der Waals surface area contributed by atoms with Crippen LogP contribution < -0.4 is 5.32 Å². The molecule has 17 heavy (non-hydrogen) atoms. The molecule has 1 saturated carbocycles. The lowest BCUT2D eigenvalue weighted by Crippen LogP contribution is -2.32. The smallest absolute Gasteiger partial charge is 0.246 e. The predicted octanol–water partition coefficient (Wildman–Crippen LogP) is 1.88. The Morgan fingerprint density at radius 2 is 2.00 bits per heavy atom. The molecule has 0 aromatic carbocycles. The number of nitrogens with one attached hydrogen (secondary N) is 1. The maximum absolute atomic E-state index is 11.3. The average Bonchev–Trinajstić information content (AvgIpc) is 2.33. The lowest BCUT2D eigenvalue weighted by molar-refractivity contribution is -0.127. The van der Waals surface area contributed by atoms with Crippen molar-refractivity contribution in [3.05, 3.63) is 0 Å². The van der Waals surface area contributed by atoms with E-state index in [4.69, 9.17) is 9.47 Å². The van der Waals surface area contributed by atoms with Crippen molar-refractivity contribution in [2.75, 3.05) is 19.8 Å². The summed E-state index contributed by atoms with van der Waals surface area (Å²) in [7, 11) is 0. The van der Waals surface area contributed by atoms with Crippen LogP contribution in [-0.2, 0) is 14.3 Å². The van der Waals surface area contributed by atoms with E-state index in [-0.39, 0.29) is 18.6 Å². The third-order valence-corrected chi connectivity index (χ3v) is 2.88. The van der Waals surface area contributed by atoms with Gasteiger partial charge in [-0.1, -0.05) is 19.3 Å². The van der Waals surface area contributed by atoms with Gasteiger partial charge < -0.3 is 14.8 Å². The Bertz CT molecular complexity index is 213. The van der Waals surface area contributed by atoms with Gasteiger partial charge in [-0.25, -0.2) is 0 Å². The maximum atomic E-state index is 11.3. The Hall–Kier alpha value is -0.610. The van der Waals surface area contributed by atoms with Crippen LogP contribution in [0.2, 0.25) is 0 Å². The molecule has 0 atom stereocenters. The van der Waals surface area contributed by atoms with Gasteiger partial charge >= 0.3 is 0 Å². The van der Waals surface area contributed by atoms with Crippen LogP contribution in [0.3, 0.4) is 0 Å². The molecule has 1 rings (SSSR count). The molecule has 100 valence electrons. The van der Waals surface area contributed by atoms with Crippen LogP contribution >= 0.6 is 0 Å². The largest absolute Gasteiger partial charge is 0.376 e. The van der Waals surface area contributed by atoms with Crippen LogP contribution in [0.1, 0.15) is 46.0 Å². The normalized spacial score (nSPS) is 17.4. The third-order valence-electron chi connectivity index (χ3n) is 2.88. The molecule has 0 unspecified atom stereocenters. The fourth-order valence-electron chi connectivity index (χ4n) is 1.94. The molecule has 0 aromatic rings. The van der Waals surface area contributed by atoms with E-state index in [1.54, 1.807) is 0 Å². The van der Waals surface area contributed by atoms with Gasteiger partial charge in [0, 0.05) is 6.54 Å². The van der Waals surface area contributed by atoms with Crippen molar-refractivity contribution in [3.8, 4) is 0 Å². The summed E-state index contributed by atoms with van der Waals surface area (Å²) in [5.74, 6) is -0.0639. The minimum atomic E-state index is -0.0639. The first-order valence-corrected chi connectivity index (χ1v) is 6.68. The zero-order chi connectivity index (χ0) is 12.5. The molecule has 0 aromatic heterocycles. The van der Waals surface area contributed by atoms with Gasteiger partial charge in [-0.3, -0.25) is 4.79 Å². The number of amides is 1. The van der Waals surface area contributed by atoms with Crippen LogP contribution in [0, 0.1) is 0 Å². The monoisotopic (exact) mass is 243 g/mol. The van der Waals surface area contributed by atoms with Crippen molar-refractivity contribution in [3.63, 3.8) is 0 Å². The summed E-state index contributed by atoms with van der Waals surface area (Å²) in [4.78, 5) is 11.3. The van der Waals surface area contributed by atoms with Gasteiger partial charge in [-0.15, -0.1) is 0 Å². The van der Waals surface area contributed by atoms with Crippen LogP contribution in [0.25, 0.3) is 0 Å². The first-order valence-electron chi connectivity index (χ1n) is 6.68. The standard InChI is InChI=1S/C13H25NO3/c1-11(2)17-10-13(15)14-8-9-16-12-6-4-3-5-7-12/h11-12H,3-10H2,1-2H3,(H,14,15). The van der Waals surface area contributed by atoms with E-state index >= 15 is 0 Å². The van der Waals surface area contributed by atoms with Crippen LogP contribution in [0.5, 0.6) is 0 Å². The highest BCUT2D eigenvalue weighted by molar-refractivity contribution is 5.77. The molecule has 0 heterocycles. The molecule has 0 radical (unpaired) electrons. The van der Waals surface area contributed by atoms with Crippen molar-refractivity contribution in [1.29, 1.82) is 0 Å². The topological polar surface area (TPSA) is 47.6 Å². The number of ether oxygens (including phenoxy) is 2. The second-order valence-corrected chi connectivity index (χ2v) is 4.84. The highest BCUT2D eigenvalue weighted by Gasteiger charge is 2.13. The molecule has 1 N–H and O–H groups in total. The summed E-state index contributed by atoms with van der Waals surface area (Å²) in [5.41, 5.74) is 0. The highest BCUT2D eigenvalue weighted by atomic mass is 16.5. The summed E-state index contributed by atoms with van der Waals surface area (Å²) in [6, 6.07) is 0. The van der Waals surface area contributed by atoms with E-state index in [0.29, 0.717) is 19.3 Å². The number of hydrogen-bond acceptors (Lipinski definition) is 3. The van der Waals surface area contributed by atoms with Crippen molar-refractivity contribution < 1.29 is 14.3 Å². The van der Waals surface area contributed by atoms with E-state index in [9.17, 15) is 4.79 Å². The molecule has 1 aliphatic rings. The Labute approximate surface area is 104 Å². The maximum Gasteiger partial charge on any atom is 0.246 e. The summed E-state index contributed by atoms with van der Waals surface area (Å²) in [6.45, 7) is 5.16. The molecule has 0 saturated heterocycles. The lowest BCUT2D eigenvalue weighted by atomic mass is 9.98. The molecule has 1 fully saturated rings. The molecule has 1 aliphatic carbocycles. The first-order chi connectivity index (χ1) is 8.18. The quantitative estimate of drug-likeness (QED) is 0.694. The molecule has 4 nitrogen and oxygen atoms in total. The van der Waals surface area contributed by atoms with E-state index in [2.05, 4.69) is 5.32 Å². The minimum absolute atomic E-state index is 0.0639. The number of hydrogen-bond donors (Lipinski definition) is 1. The van der Waals surface area contributed by atoms with Crippen LogP contribution in [0.15, 0.2) is 0 Å². The van der Waals surface area contributed by atoms with Gasteiger partial charge in [0.15, 0.2) is 0 Å². The van der Waals surface area contributed by atoms with E-state index in [0.717, 1.165) is 0 Å². The van der Waals surface area contributed by atoms with Gasteiger partial charge in [0.2, 0.25) is 5.91 Å². The van der Waals surface area contributed by atoms with Gasteiger partial charge in [0.1, 0.15) is 6.61 Å². The molecule has 0 spiro atoms. The van der Waals surface area contributed by atoms with Gasteiger partial charge in [-0.2, -0.15) is 0 Å². The minimum Gasteiger partial charge on any atom is -0.376 e. The Kier molecular flexibility index (Phi) is 7.21. The Morgan fingerprint density at radius 3 is 2.65 bits per heavy atom. The predicted molar refractivity (Wildman–Crippen MR) is 66.9 cm³/mol. The van der Waals surface area contributed by atoms with Crippen molar-refractivity contribution in [1.82, 2.24) is 5.32 Å². The number of carbonyl (C=O) groups is 1. The molecule has 4 heteroatoms. The lowest BCUT2D eigenvalue weighted by Gasteiger charge is -2.22. The Balaban J connectivity index is 1.94.